The summed E-state index contributed by atoms with van der Waals surface area (Å²) in [5.41, 5.74) is 1.50. The van der Waals surface area contributed by atoms with Crippen LogP contribution in [0.25, 0.3) is 0 Å². The Morgan fingerprint density at radius 3 is 2.82 bits per heavy atom. The molecule has 92 valence electrons. The topological polar surface area (TPSA) is 20.2 Å². The maximum atomic E-state index is 13.4. The molecule has 1 nitrogen and oxygen atoms in total. The number of benzene rings is 1. The lowest BCUT2D eigenvalue weighted by Gasteiger charge is -2.05. The number of hydrogen-bond donors (Lipinski definition) is 1. The lowest BCUT2D eigenvalue weighted by atomic mass is 10.1. The molecule has 0 aliphatic heterocycles. The summed E-state index contributed by atoms with van der Waals surface area (Å²) >= 11 is 1.82. The highest BCUT2D eigenvalue weighted by Gasteiger charge is 2.02. The highest BCUT2D eigenvalue weighted by molar-refractivity contribution is 7.99. The summed E-state index contributed by atoms with van der Waals surface area (Å²) in [6, 6.07) is 5.04. The second kappa shape index (κ2) is 7.37. The van der Waals surface area contributed by atoms with E-state index in [0.29, 0.717) is 17.2 Å². The van der Waals surface area contributed by atoms with Gasteiger partial charge in [-0.15, -0.1) is 0 Å². The van der Waals surface area contributed by atoms with Gasteiger partial charge in [-0.2, -0.15) is 11.8 Å². The van der Waals surface area contributed by atoms with Crippen LogP contribution in [-0.2, 0) is 5.75 Å². The molecule has 0 aromatic heterocycles. The van der Waals surface area contributed by atoms with E-state index in [1.54, 1.807) is 12.1 Å². The van der Waals surface area contributed by atoms with Crippen LogP contribution in [0.4, 0.5) is 4.39 Å². The number of aliphatic hydroxyl groups is 1. The smallest absolute Gasteiger partial charge is 0.138 e. The molecule has 0 amide bonds. The van der Waals surface area contributed by atoms with E-state index in [1.165, 1.54) is 6.07 Å². The van der Waals surface area contributed by atoms with Gasteiger partial charge in [-0.3, -0.25) is 0 Å². The number of aliphatic hydroxyl groups excluding tert-OH is 1. The van der Waals surface area contributed by atoms with Crippen molar-refractivity contribution >= 4 is 11.8 Å². The van der Waals surface area contributed by atoms with E-state index < -0.39 is 0 Å². The predicted molar refractivity (Wildman–Crippen MR) is 71.4 cm³/mol. The van der Waals surface area contributed by atoms with Crippen molar-refractivity contribution in [3.63, 3.8) is 0 Å². The summed E-state index contributed by atoms with van der Waals surface area (Å²) in [6.45, 7) is 4.28. The Bertz CT molecular complexity index is 418. The van der Waals surface area contributed by atoms with Gasteiger partial charge in [-0.05, 0) is 22.9 Å². The summed E-state index contributed by atoms with van der Waals surface area (Å²) in [5, 5.41) is 9.17. The van der Waals surface area contributed by atoms with Gasteiger partial charge in [0.1, 0.15) is 5.82 Å². The Labute approximate surface area is 106 Å². The molecule has 0 unspecified atom stereocenters. The lowest BCUT2D eigenvalue weighted by Crippen LogP contribution is -1.92. The lowest BCUT2D eigenvalue weighted by molar-refractivity contribution is 0.305. The Morgan fingerprint density at radius 2 is 2.18 bits per heavy atom. The highest BCUT2D eigenvalue weighted by Crippen LogP contribution is 2.19. The Balaban J connectivity index is 2.77. The molecule has 1 aromatic carbocycles. The van der Waals surface area contributed by atoms with Gasteiger partial charge in [0, 0.05) is 12.2 Å². The average molecular weight is 252 g/mol. The van der Waals surface area contributed by atoms with Crippen molar-refractivity contribution in [1.29, 1.82) is 0 Å². The van der Waals surface area contributed by atoms with Gasteiger partial charge in [-0.25, -0.2) is 4.39 Å². The Morgan fingerprint density at radius 1 is 1.41 bits per heavy atom. The third kappa shape index (κ3) is 5.25. The fourth-order valence-corrected chi connectivity index (χ4v) is 1.94. The first-order chi connectivity index (χ1) is 8.13. The van der Waals surface area contributed by atoms with E-state index in [9.17, 15) is 4.39 Å². The molecule has 0 aliphatic rings. The first-order valence-electron chi connectivity index (χ1n) is 5.63. The maximum absolute atomic E-state index is 13.4. The van der Waals surface area contributed by atoms with Crippen LogP contribution in [0.1, 0.15) is 31.4 Å². The summed E-state index contributed by atoms with van der Waals surface area (Å²) in [6.07, 6.45) is 0.379. The van der Waals surface area contributed by atoms with E-state index in [2.05, 4.69) is 25.7 Å². The monoisotopic (exact) mass is 252 g/mol. The van der Waals surface area contributed by atoms with Crippen LogP contribution in [-0.4, -0.2) is 17.0 Å². The van der Waals surface area contributed by atoms with Crippen LogP contribution in [0, 0.1) is 17.7 Å². The van der Waals surface area contributed by atoms with E-state index in [0.717, 1.165) is 11.3 Å². The first-order valence-corrected chi connectivity index (χ1v) is 6.68. The van der Waals surface area contributed by atoms with E-state index in [-0.39, 0.29) is 12.4 Å². The van der Waals surface area contributed by atoms with Gasteiger partial charge >= 0.3 is 0 Å². The van der Waals surface area contributed by atoms with Gasteiger partial charge in [-0.1, -0.05) is 31.8 Å². The van der Waals surface area contributed by atoms with Crippen LogP contribution >= 0.6 is 11.8 Å². The minimum Gasteiger partial charge on any atom is -0.395 e. The van der Waals surface area contributed by atoms with Gasteiger partial charge in [0.2, 0.25) is 0 Å². The average Bonchev–Trinajstić information content (AvgIpc) is 2.30. The van der Waals surface area contributed by atoms with E-state index >= 15 is 0 Å². The van der Waals surface area contributed by atoms with Gasteiger partial charge < -0.3 is 5.11 Å². The number of hydrogen-bond acceptors (Lipinski definition) is 2. The standard InChI is InChI=1S/C14H17FOS/c1-11(2)17-10-12-6-7-14(15)13(9-12)5-3-4-8-16/h6-7,9,11,16H,4,8,10H2,1-2H3. The van der Waals surface area contributed by atoms with Crippen LogP contribution < -0.4 is 0 Å². The molecule has 0 radical (unpaired) electrons. The summed E-state index contributed by atoms with van der Waals surface area (Å²) < 4.78 is 13.4. The third-order valence-corrected chi connectivity index (χ3v) is 3.24. The molecule has 17 heavy (non-hydrogen) atoms. The molecule has 1 N–H and O–H groups in total. The minimum absolute atomic E-state index is 0.0114. The summed E-state index contributed by atoms with van der Waals surface area (Å²) in [4.78, 5) is 0. The van der Waals surface area contributed by atoms with Crippen molar-refractivity contribution in [2.45, 2.75) is 31.3 Å². The predicted octanol–water partition coefficient (Wildman–Crippen LogP) is 3.20. The zero-order chi connectivity index (χ0) is 12.7. The van der Waals surface area contributed by atoms with Crippen LogP contribution in [0.5, 0.6) is 0 Å². The molecule has 0 saturated heterocycles. The van der Waals surface area contributed by atoms with E-state index in [4.69, 9.17) is 5.11 Å². The van der Waals surface area contributed by atoms with E-state index in [1.807, 2.05) is 11.8 Å². The molecule has 0 heterocycles. The largest absolute Gasteiger partial charge is 0.395 e. The molecule has 0 bridgehead atoms. The molecule has 1 rings (SSSR count). The second-order valence-corrected chi connectivity index (χ2v) is 5.51. The normalized spacial score (nSPS) is 10.2. The Kier molecular flexibility index (Phi) is 6.10. The van der Waals surface area contributed by atoms with Crippen molar-refractivity contribution in [2.24, 2.45) is 0 Å². The molecule has 0 aliphatic carbocycles. The van der Waals surface area contributed by atoms with Gasteiger partial charge in [0.05, 0.1) is 12.2 Å². The van der Waals surface area contributed by atoms with Gasteiger partial charge in [0.15, 0.2) is 0 Å². The highest BCUT2D eigenvalue weighted by atomic mass is 32.2. The van der Waals surface area contributed by atoms with Crippen molar-refractivity contribution in [1.82, 2.24) is 0 Å². The van der Waals surface area contributed by atoms with Gasteiger partial charge in [0.25, 0.3) is 0 Å². The molecule has 3 heteroatoms. The molecule has 1 aromatic rings. The molecular weight excluding hydrogens is 235 g/mol. The fourth-order valence-electron chi connectivity index (χ4n) is 1.23. The zero-order valence-electron chi connectivity index (χ0n) is 10.2. The zero-order valence-corrected chi connectivity index (χ0v) is 11.0. The second-order valence-electron chi connectivity index (χ2n) is 3.95. The first kappa shape index (κ1) is 14.1. The quantitative estimate of drug-likeness (QED) is 0.830. The Hall–Kier alpha value is -0.980. The van der Waals surface area contributed by atoms with Crippen LogP contribution in [0.15, 0.2) is 18.2 Å². The third-order valence-electron chi connectivity index (χ3n) is 2.07. The number of thioether (sulfide) groups is 1. The number of rotatable bonds is 4. The summed E-state index contributed by atoms with van der Waals surface area (Å²) in [5.74, 6) is 6.06. The fraction of sp³-hybridized carbons (Fsp3) is 0.429. The molecule has 0 atom stereocenters. The summed E-state index contributed by atoms with van der Waals surface area (Å²) in [7, 11) is 0. The number of halogens is 1. The van der Waals surface area contributed by atoms with Crippen molar-refractivity contribution in [3.8, 4) is 11.8 Å². The molecule has 0 saturated carbocycles. The molecule has 0 fully saturated rings. The van der Waals surface area contributed by atoms with Crippen molar-refractivity contribution in [3.05, 3.63) is 35.1 Å². The molecular formula is C14H17FOS. The minimum atomic E-state index is -0.297. The van der Waals surface area contributed by atoms with Crippen LogP contribution in [0.3, 0.4) is 0 Å². The van der Waals surface area contributed by atoms with Crippen LogP contribution in [0.2, 0.25) is 0 Å². The van der Waals surface area contributed by atoms with Crippen molar-refractivity contribution in [2.75, 3.05) is 6.61 Å². The SMILES string of the molecule is CC(C)SCc1ccc(F)c(C#CCCO)c1. The van der Waals surface area contributed by atoms with Crippen molar-refractivity contribution < 1.29 is 9.50 Å². The maximum Gasteiger partial charge on any atom is 0.138 e. The molecule has 0 spiro atoms.